The predicted molar refractivity (Wildman–Crippen MR) is 120 cm³/mol. The minimum Gasteiger partial charge on any atom is -0.378 e. The molecule has 11 heteroatoms. The first-order valence-corrected chi connectivity index (χ1v) is 11.9. The van der Waals surface area contributed by atoms with Gasteiger partial charge in [-0.15, -0.1) is 5.10 Å². The number of carbonyl (C=O) groups excluding carboxylic acids is 1. The van der Waals surface area contributed by atoms with E-state index in [9.17, 15) is 13.2 Å². The molecule has 1 N–H and O–H groups in total. The maximum atomic E-state index is 12.6. The van der Waals surface area contributed by atoms with Gasteiger partial charge in [0.25, 0.3) is 0 Å². The fourth-order valence-corrected chi connectivity index (χ4v) is 4.90. The standard InChI is InChI=1S/C19H17Cl2N3O4S2/c1-2-5-17-18(25)23-19(29-17)24-22-11-12-6-3-4-7-16(12)28-30(26,27)13-8-9-14(20)15(21)10-13/h3-4,6-11,17H,2,5H2,1H3,(H,23,24,25)/b22-11-/t17-/m1/s1. The van der Waals surface area contributed by atoms with Gasteiger partial charge in [0, 0.05) is 5.56 Å². The summed E-state index contributed by atoms with van der Waals surface area (Å²) < 4.78 is 30.4. The van der Waals surface area contributed by atoms with Crippen molar-refractivity contribution in [3.8, 4) is 5.75 Å². The van der Waals surface area contributed by atoms with Crippen molar-refractivity contribution in [2.45, 2.75) is 29.9 Å². The van der Waals surface area contributed by atoms with Gasteiger partial charge in [0.15, 0.2) is 10.9 Å². The number of hydrogen-bond donors (Lipinski definition) is 1. The van der Waals surface area contributed by atoms with E-state index < -0.39 is 10.1 Å². The zero-order valence-corrected chi connectivity index (χ0v) is 18.9. The smallest absolute Gasteiger partial charge is 0.339 e. The molecule has 1 fully saturated rings. The predicted octanol–water partition coefficient (Wildman–Crippen LogP) is 4.48. The van der Waals surface area contributed by atoms with Crippen molar-refractivity contribution in [1.29, 1.82) is 0 Å². The SMILES string of the molecule is CCC[C@H]1S/C(=N\N=C/c2ccccc2OS(=O)(=O)c2ccc(Cl)c(Cl)c2)NC1=O. The van der Waals surface area contributed by atoms with Crippen LogP contribution in [0.5, 0.6) is 5.75 Å². The summed E-state index contributed by atoms with van der Waals surface area (Å²) in [5.41, 5.74) is 0.393. The minimum absolute atomic E-state index is 0.0690. The van der Waals surface area contributed by atoms with E-state index >= 15 is 0 Å². The molecular weight excluding hydrogens is 469 g/mol. The molecule has 2 aromatic carbocycles. The van der Waals surface area contributed by atoms with E-state index in [4.69, 9.17) is 27.4 Å². The Hall–Kier alpha value is -2.07. The molecule has 2 aromatic rings. The highest BCUT2D eigenvalue weighted by molar-refractivity contribution is 8.15. The van der Waals surface area contributed by atoms with Crippen LogP contribution in [0.2, 0.25) is 10.0 Å². The highest BCUT2D eigenvalue weighted by Crippen LogP contribution is 2.28. The summed E-state index contributed by atoms with van der Waals surface area (Å²) in [5, 5.41) is 11.2. The number of nitrogens with one attached hydrogen (secondary N) is 1. The molecule has 1 amide bonds. The quantitative estimate of drug-likeness (QED) is 0.354. The number of nitrogens with zero attached hydrogens (tertiary/aromatic N) is 2. The molecule has 0 aromatic heterocycles. The first-order chi connectivity index (χ1) is 14.3. The number of halogens is 2. The summed E-state index contributed by atoms with van der Waals surface area (Å²) in [6, 6.07) is 10.4. The number of benzene rings is 2. The number of carbonyl (C=O) groups is 1. The summed E-state index contributed by atoms with van der Waals surface area (Å²) in [7, 11) is -4.14. The fraction of sp³-hybridized carbons (Fsp3) is 0.211. The maximum Gasteiger partial charge on any atom is 0.339 e. The Labute approximate surface area is 188 Å². The topological polar surface area (TPSA) is 97.2 Å². The van der Waals surface area contributed by atoms with Crippen LogP contribution < -0.4 is 9.50 Å². The van der Waals surface area contributed by atoms with Crippen molar-refractivity contribution in [2.75, 3.05) is 0 Å². The molecule has 3 rings (SSSR count). The molecule has 0 bridgehead atoms. The Bertz CT molecular complexity index is 1120. The summed E-state index contributed by atoms with van der Waals surface area (Å²) in [5.74, 6) is -0.0215. The Kier molecular flexibility index (Phi) is 7.41. The number of rotatable bonds is 7. The summed E-state index contributed by atoms with van der Waals surface area (Å²) in [6.45, 7) is 2.00. The van der Waals surface area contributed by atoms with E-state index in [1.165, 1.54) is 42.2 Å². The first-order valence-electron chi connectivity index (χ1n) is 8.87. The van der Waals surface area contributed by atoms with Gasteiger partial charge in [-0.1, -0.05) is 60.4 Å². The molecule has 158 valence electrons. The van der Waals surface area contributed by atoms with Crippen LogP contribution in [0.25, 0.3) is 0 Å². The molecule has 0 spiro atoms. The van der Waals surface area contributed by atoms with Crippen molar-refractivity contribution in [1.82, 2.24) is 5.32 Å². The molecule has 1 atom stereocenters. The van der Waals surface area contributed by atoms with Crippen LogP contribution in [0.1, 0.15) is 25.3 Å². The molecule has 1 aliphatic rings. The highest BCUT2D eigenvalue weighted by Gasteiger charge is 2.29. The van der Waals surface area contributed by atoms with Crippen molar-refractivity contribution in [3.63, 3.8) is 0 Å². The molecule has 1 saturated heterocycles. The Morgan fingerprint density at radius 1 is 1.20 bits per heavy atom. The lowest BCUT2D eigenvalue weighted by Gasteiger charge is -2.09. The van der Waals surface area contributed by atoms with Gasteiger partial charge in [0.1, 0.15) is 4.90 Å². The van der Waals surface area contributed by atoms with Crippen molar-refractivity contribution >= 4 is 62.4 Å². The summed E-state index contributed by atoms with van der Waals surface area (Å²) in [4.78, 5) is 11.7. The van der Waals surface area contributed by atoms with Gasteiger partial charge in [-0.3, -0.25) is 4.79 Å². The fourth-order valence-electron chi connectivity index (χ4n) is 2.51. The number of para-hydroxylation sites is 1. The van der Waals surface area contributed by atoms with Crippen molar-refractivity contribution < 1.29 is 17.4 Å². The Morgan fingerprint density at radius 2 is 1.97 bits per heavy atom. The molecule has 0 saturated carbocycles. The monoisotopic (exact) mass is 485 g/mol. The van der Waals surface area contributed by atoms with Crippen LogP contribution in [0.4, 0.5) is 0 Å². The Balaban J connectivity index is 1.78. The van der Waals surface area contributed by atoms with Crippen molar-refractivity contribution in [2.24, 2.45) is 10.2 Å². The average Bonchev–Trinajstić information content (AvgIpc) is 3.04. The zero-order valence-electron chi connectivity index (χ0n) is 15.7. The molecule has 7 nitrogen and oxygen atoms in total. The molecule has 1 heterocycles. The van der Waals surface area contributed by atoms with E-state index in [-0.39, 0.29) is 31.8 Å². The van der Waals surface area contributed by atoms with E-state index in [1.807, 2.05) is 6.92 Å². The van der Waals surface area contributed by atoms with Gasteiger partial charge in [-0.25, -0.2) is 0 Å². The van der Waals surface area contributed by atoms with Crippen molar-refractivity contribution in [3.05, 3.63) is 58.1 Å². The lowest BCUT2D eigenvalue weighted by atomic mass is 10.2. The van der Waals surface area contributed by atoms with Gasteiger partial charge in [0.2, 0.25) is 5.91 Å². The van der Waals surface area contributed by atoms with Gasteiger partial charge in [0.05, 0.1) is 21.5 Å². The molecule has 1 aliphatic heterocycles. The molecule has 0 aliphatic carbocycles. The number of amides is 1. The molecule has 30 heavy (non-hydrogen) atoms. The zero-order chi connectivity index (χ0) is 21.7. The normalized spacial score (nSPS) is 18.2. The van der Waals surface area contributed by atoms with Crippen LogP contribution in [0.15, 0.2) is 57.6 Å². The van der Waals surface area contributed by atoms with Crippen LogP contribution in [-0.4, -0.2) is 31.0 Å². The molecule has 0 unspecified atom stereocenters. The second-order valence-electron chi connectivity index (χ2n) is 6.19. The first kappa shape index (κ1) is 22.6. The van der Waals surface area contributed by atoms with Crippen LogP contribution in [0, 0.1) is 0 Å². The number of amidine groups is 1. The summed E-state index contributed by atoms with van der Waals surface area (Å²) >= 11 is 13.1. The van der Waals surface area contributed by atoms with E-state index in [0.717, 1.165) is 12.8 Å². The van der Waals surface area contributed by atoms with Gasteiger partial charge in [-0.05, 0) is 36.8 Å². The number of thioether (sulfide) groups is 1. The largest absolute Gasteiger partial charge is 0.378 e. The molecule has 0 radical (unpaired) electrons. The second-order valence-corrected chi connectivity index (χ2v) is 9.74. The average molecular weight is 486 g/mol. The third-order valence-corrected chi connectivity index (χ3v) is 7.08. The Morgan fingerprint density at radius 3 is 2.70 bits per heavy atom. The van der Waals surface area contributed by atoms with Crippen LogP contribution >= 0.6 is 35.0 Å². The highest BCUT2D eigenvalue weighted by atomic mass is 35.5. The third kappa shape index (κ3) is 5.54. The van der Waals surface area contributed by atoms with Crippen LogP contribution in [0.3, 0.4) is 0 Å². The van der Waals surface area contributed by atoms with E-state index in [0.29, 0.717) is 10.7 Å². The lowest BCUT2D eigenvalue weighted by molar-refractivity contribution is -0.118. The second kappa shape index (κ2) is 9.82. The van der Waals surface area contributed by atoms with Gasteiger partial charge in [-0.2, -0.15) is 13.5 Å². The van der Waals surface area contributed by atoms with Gasteiger partial charge < -0.3 is 9.50 Å². The lowest BCUT2D eigenvalue weighted by Crippen LogP contribution is -2.24. The summed E-state index contributed by atoms with van der Waals surface area (Å²) in [6.07, 6.45) is 2.99. The number of hydrogen-bond acceptors (Lipinski definition) is 7. The minimum atomic E-state index is -4.14. The van der Waals surface area contributed by atoms with Crippen LogP contribution in [-0.2, 0) is 14.9 Å². The maximum absolute atomic E-state index is 12.6. The van der Waals surface area contributed by atoms with E-state index in [2.05, 4.69) is 15.5 Å². The molecular formula is C19H17Cl2N3O4S2. The third-order valence-electron chi connectivity index (χ3n) is 3.97. The van der Waals surface area contributed by atoms with Gasteiger partial charge >= 0.3 is 10.1 Å². The van der Waals surface area contributed by atoms with E-state index in [1.54, 1.807) is 18.2 Å².